The van der Waals surface area contributed by atoms with Gasteiger partial charge in [0.1, 0.15) is 5.56 Å². The lowest BCUT2D eigenvalue weighted by Crippen LogP contribution is -2.04. The van der Waals surface area contributed by atoms with Crippen LogP contribution in [0.1, 0.15) is 15.9 Å². The Bertz CT molecular complexity index is 579. The summed E-state index contributed by atoms with van der Waals surface area (Å²) < 4.78 is 4.96. The minimum atomic E-state index is -1.11. The van der Waals surface area contributed by atoms with Crippen molar-refractivity contribution < 1.29 is 14.6 Å². The zero-order valence-corrected chi connectivity index (χ0v) is 10.0. The highest BCUT2D eigenvalue weighted by Crippen LogP contribution is 2.21. The van der Waals surface area contributed by atoms with Crippen LogP contribution in [0, 0.1) is 6.92 Å². The summed E-state index contributed by atoms with van der Waals surface area (Å²) in [5, 5.41) is 8.93. The maximum Gasteiger partial charge on any atom is 0.342 e. The maximum absolute atomic E-state index is 10.9. The van der Waals surface area contributed by atoms with Gasteiger partial charge in [-0.15, -0.1) is 0 Å². The first-order chi connectivity index (χ1) is 8.61. The molecule has 0 atom stereocenters. The normalized spacial score (nSPS) is 10.1. The van der Waals surface area contributed by atoms with Crippen LogP contribution in [-0.2, 0) is 0 Å². The molecule has 0 saturated heterocycles. The van der Waals surface area contributed by atoms with Crippen molar-refractivity contribution in [3.8, 4) is 17.3 Å². The van der Waals surface area contributed by atoms with Crippen LogP contribution in [0.4, 0.5) is 0 Å². The molecule has 1 aromatic carbocycles. The number of aromatic nitrogens is 2. The summed E-state index contributed by atoms with van der Waals surface area (Å²) >= 11 is 0. The average molecular weight is 244 g/mol. The van der Waals surface area contributed by atoms with Gasteiger partial charge in [-0.25, -0.2) is 9.78 Å². The fraction of sp³-hybridized carbons (Fsp3) is 0.154. The van der Waals surface area contributed by atoms with Crippen LogP contribution >= 0.6 is 0 Å². The molecule has 1 N–H and O–H groups in total. The second kappa shape index (κ2) is 4.83. The van der Waals surface area contributed by atoms with Gasteiger partial charge in [-0.1, -0.05) is 29.8 Å². The maximum atomic E-state index is 10.9. The summed E-state index contributed by atoms with van der Waals surface area (Å²) in [5.74, 6) is -0.604. The topological polar surface area (TPSA) is 72.3 Å². The molecule has 0 saturated carbocycles. The van der Waals surface area contributed by atoms with Crippen molar-refractivity contribution in [2.24, 2.45) is 0 Å². The second-order valence-electron chi connectivity index (χ2n) is 3.79. The highest BCUT2D eigenvalue weighted by molar-refractivity contribution is 5.90. The van der Waals surface area contributed by atoms with E-state index in [0.29, 0.717) is 5.82 Å². The lowest BCUT2D eigenvalue weighted by atomic mass is 10.1. The Kier molecular flexibility index (Phi) is 3.23. The summed E-state index contributed by atoms with van der Waals surface area (Å²) in [6.45, 7) is 1.98. The molecule has 0 fully saturated rings. The molecule has 1 heterocycles. The molecule has 5 nitrogen and oxygen atoms in total. The zero-order chi connectivity index (χ0) is 13.1. The van der Waals surface area contributed by atoms with Crippen molar-refractivity contribution >= 4 is 5.97 Å². The Morgan fingerprint density at radius 3 is 2.50 bits per heavy atom. The fourth-order valence-electron chi connectivity index (χ4n) is 1.51. The van der Waals surface area contributed by atoms with E-state index in [2.05, 4.69) is 9.97 Å². The third-order valence-electron chi connectivity index (χ3n) is 2.49. The van der Waals surface area contributed by atoms with Crippen molar-refractivity contribution in [3.05, 3.63) is 41.6 Å². The van der Waals surface area contributed by atoms with E-state index < -0.39 is 5.97 Å². The third kappa shape index (κ3) is 2.29. The van der Waals surface area contributed by atoms with Crippen molar-refractivity contribution in [1.82, 2.24) is 9.97 Å². The van der Waals surface area contributed by atoms with Gasteiger partial charge in [0, 0.05) is 11.8 Å². The summed E-state index contributed by atoms with van der Waals surface area (Å²) in [4.78, 5) is 19.0. The molecule has 2 rings (SSSR count). The van der Waals surface area contributed by atoms with Crippen molar-refractivity contribution in [2.45, 2.75) is 6.92 Å². The average Bonchev–Trinajstić information content (AvgIpc) is 2.38. The van der Waals surface area contributed by atoms with Crippen molar-refractivity contribution in [3.63, 3.8) is 0 Å². The summed E-state index contributed by atoms with van der Waals surface area (Å²) in [5.41, 5.74) is 1.90. The minimum absolute atomic E-state index is 0.0478. The summed E-state index contributed by atoms with van der Waals surface area (Å²) in [7, 11) is 1.38. The number of nitrogens with zero attached hydrogens (tertiary/aromatic N) is 2. The first kappa shape index (κ1) is 12.0. The number of aromatic carboxylic acids is 1. The number of carboxylic acids is 1. The van der Waals surface area contributed by atoms with E-state index in [9.17, 15) is 4.79 Å². The van der Waals surface area contributed by atoms with Gasteiger partial charge in [0.05, 0.1) is 7.11 Å². The van der Waals surface area contributed by atoms with Crippen LogP contribution in [0.2, 0.25) is 0 Å². The molecule has 0 amide bonds. The molecule has 2 aromatic rings. The minimum Gasteiger partial charge on any atom is -0.480 e. The van der Waals surface area contributed by atoms with E-state index in [1.807, 2.05) is 31.2 Å². The first-order valence-electron chi connectivity index (χ1n) is 5.33. The predicted octanol–water partition coefficient (Wildman–Crippen LogP) is 2.16. The molecule has 18 heavy (non-hydrogen) atoms. The Hall–Kier alpha value is -2.43. The first-order valence-corrected chi connectivity index (χ1v) is 5.33. The number of hydrogen-bond donors (Lipinski definition) is 1. The van der Waals surface area contributed by atoms with E-state index in [0.717, 1.165) is 11.1 Å². The molecule has 0 aliphatic heterocycles. The monoisotopic (exact) mass is 244 g/mol. The molecule has 92 valence electrons. The van der Waals surface area contributed by atoms with Gasteiger partial charge in [-0.3, -0.25) is 0 Å². The van der Waals surface area contributed by atoms with Crippen LogP contribution in [0.15, 0.2) is 30.5 Å². The quantitative estimate of drug-likeness (QED) is 0.895. The summed E-state index contributed by atoms with van der Waals surface area (Å²) in [6, 6.07) is 7.64. The van der Waals surface area contributed by atoms with Gasteiger partial charge >= 0.3 is 5.97 Å². The van der Waals surface area contributed by atoms with Crippen molar-refractivity contribution in [2.75, 3.05) is 7.11 Å². The largest absolute Gasteiger partial charge is 0.480 e. The third-order valence-corrected chi connectivity index (χ3v) is 2.49. The SMILES string of the molecule is COc1nc(-c2ccc(C)cc2)ncc1C(=O)O. The molecule has 0 aliphatic carbocycles. The molecule has 0 radical (unpaired) electrons. The second-order valence-corrected chi connectivity index (χ2v) is 3.79. The summed E-state index contributed by atoms with van der Waals surface area (Å²) in [6.07, 6.45) is 1.25. The van der Waals surface area contributed by atoms with Gasteiger partial charge < -0.3 is 9.84 Å². The van der Waals surface area contributed by atoms with E-state index in [4.69, 9.17) is 9.84 Å². The number of hydrogen-bond acceptors (Lipinski definition) is 4. The highest BCUT2D eigenvalue weighted by atomic mass is 16.5. The number of ether oxygens (including phenoxy) is 1. The van der Waals surface area contributed by atoms with Gasteiger partial charge in [0.15, 0.2) is 5.82 Å². The number of benzene rings is 1. The molecule has 0 unspecified atom stereocenters. The Balaban J connectivity index is 2.47. The van der Waals surface area contributed by atoms with E-state index in [1.54, 1.807) is 0 Å². The number of rotatable bonds is 3. The van der Waals surface area contributed by atoms with Crippen molar-refractivity contribution in [1.29, 1.82) is 0 Å². The van der Waals surface area contributed by atoms with Crippen LogP contribution < -0.4 is 4.74 Å². The zero-order valence-electron chi connectivity index (χ0n) is 10.0. The van der Waals surface area contributed by atoms with Gasteiger partial charge in [-0.2, -0.15) is 4.98 Å². The number of methoxy groups -OCH3 is 1. The molecular formula is C13H12N2O3. The van der Waals surface area contributed by atoms with E-state index >= 15 is 0 Å². The van der Waals surface area contributed by atoms with Gasteiger partial charge in [-0.05, 0) is 6.92 Å². The number of carbonyl (C=O) groups is 1. The van der Waals surface area contributed by atoms with Gasteiger partial charge in [0.2, 0.25) is 5.88 Å². The predicted molar refractivity (Wildman–Crippen MR) is 65.7 cm³/mol. The highest BCUT2D eigenvalue weighted by Gasteiger charge is 2.14. The van der Waals surface area contributed by atoms with E-state index in [1.165, 1.54) is 13.3 Å². The van der Waals surface area contributed by atoms with E-state index in [-0.39, 0.29) is 11.4 Å². The van der Waals surface area contributed by atoms with Crippen LogP contribution in [0.25, 0.3) is 11.4 Å². The Morgan fingerprint density at radius 1 is 1.28 bits per heavy atom. The molecular weight excluding hydrogens is 232 g/mol. The standard InChI is InChI=1S/C13H12N2O3/c1-8-3-5-9(6-4-8)11-14-7-10(13(16)17)12(15-11)18-2/h3-7H,1-2H3,(H,16,17). The van der Waals surface area contributed by atoms with Gasteiger partial charge in [0.25, 0.3) is 0 Å². The number of aryl methyl sites for hydroxylation is 1. The van der Waals surface area contributed by atoms with Crippen LogP contribution in [0.3, 0.4) is 0 Å². The molecule has 5 heteroatoms. The Morgan fingerprint density at radius 2 is 1.94 bits per heavy atom. The molecule has 0 spiro atoms. The molecule has 1 aromatic heterocycles. The fourth-order valence-corrected chi connectivity index (χ4v) is 1.51. The lowest BCUT2D eigenvalue weighted by molar-refractivity contribution is 0.0692. The lowest BCUT2D eigenvalue weighted by Gasteiger charge is -2.06. The molecule has 0 aliphatic rings. The smallest absolute Gasteiger partial charge is 0.342 e. The Labute approximate surface area is 104 Å². The van der Waals surface area contributed by atoms with Crippen LogP contribution in [-0.4, -0.2) is 28.2 Å². The van der Waals surface area contributed by atoms with Crippen LogP contribution in [0.5, 0.6) is 5.88 Å². The molecule has 0 bridgehead atoms. The number of carboxylic acid groups (broad SMARTS) is 1.